The van der Waals surface area contributed by atoms with Gasteiger partial charge < -0.3 is 4.90 Å². The van der Waals surface area contributed by atoms with Crippen LogP contribution in [0.1, 0.15) is 27.9 Å². The second-order valence-electron chi connectivity index (χ2n) is 5.28. The van der Waals surface area contributed by atoms with Crippen molar-refractivity contribution in [3.05, 3.63) is 34.9 Å². The average Bonchev–Trinajstić information content (AvgIpc) is 2.85. The summed E-state index contributed by atoms with van der Waals surface area (Å²) in [6.07, 6.45) is 1.34. The molecule has 1 aliphatic heterocycles. The lowest BCUT2D eigenvalue weighted by Crippen LogP contribution is -2.30. The quantitative estimate of drug-likeness (QED) is 0.704. The maximum absolute atomic E-state index is 12.3. The molecular formula is C14H17NO. The summed E-state index contributed by atoms with van der Waals surface area (Å²) in [4.78, 5) is 14.3. The van der Waals surface area contributed by atoms with Gasteiger partial charge in [0.1, 0.15) is 0 Å². The summed E-state index contributed by atoms with van der Waals surface area (Å²) in [5.41, 5.74) is 3.20. The van der Waals surface area contributed by atoms with Gasteiger partial charge in [-0.25, -0.2) is 0 Å². The molecule has 1 heterocycles. The summed E-state index contributed by atoms with van der Waals surface area (Å²) in [6, 6.07) is 6.08. The normalized spacial score (nSPS) is 26.8. The third-order valence-corrected chi connectivity index (χ3v) is 3.88. The van der Waals surface area contributed by atoms with Crippen LogP contribution in [-0.2, 0) is 0 Å². The van der Waals surface area contributed by atoms with E-state index in [2.05, 4.69) is 13.0 Å². The van der Waals surface area contributed by atoms with Crippen LogP contribution in [-0.4, -0.2) is 23.9 Å². The largest absolute Gasteiger partial charge is 0.338 e. The van der Waals surface area contributed by atoms with Crippen LogP contribution in [0, 0.1) is 25.7 Å². The maximum Gasteiger partial charge on any atom is 0.254 e. The molecule has 1 saturated carbocycles. The number of rotatable bonds is 1. The van der Waals surface area contributed by atoms with E-state index in [9.17, 15) is 4.79 Å². The fraction of sp³-hybridized carbons (Fsp3) is 0.500. The number of carbonyl (C=O) groups is 1. The molecule has 84 valence electrons. The Morgan fingerprint density at radius 3 is 2.56 bits per heavy atom. The summed E-state index contributed by atoms with van der Waals surface area (Å²) < 4.78 is 0. The van der Waals surface area contributed by atoms with Crippen LogP contribution in [0.15, 0.2) is 18.2 Å². The first-order valence-electron chi connectivity index (χ1n) is 6.01. The van der Waals surface area contributed by atoms with Gasteiger partial charge >= 0.3 is 0 Å². The fourth-order valence-electron chi connectivity index (χ4n) is 2.79. The molecule has 2 atom stereocenters. The highest BCUT2D eigenvalue weighted by molar-refractivity contribution is 5.96. The van der Waals surface area contributed by atoms with Gasteiger partial charge in [-0.2, -0.15) is 0 Å². The van der Waals surface area contributed by atoms with E-state index in [1.807, 2.05) is 24.0 Å². The van der Waals surface area contributed by atoms with E-state index >= 15 is 0 Å². The molecule has 1 aromatic rings. The van der Waals surface area contributed by atoms with E-state index in [4.69, 9.17) is 0 Å². The van der Waals surface area contributed by atoms with Crippen LogP contribution in [0.2, 0.25) is 0 Å². The van der Waals surface area contributed by atoms with Gasteiger partial charge in [0.05, 0.1) is 0 Å². The lowest BCUT2D eigenvalue weighted by atomic mass is 10.0. The number of fused-ring (bicyclic) bond motifs is 1. The monoisotopic (exact) mass is 215 g/mol. The Labute approximate surface area is 96.3 Å². The van der Waals surface area contributed by atoms with Crippen LogP contribution in [0.4, 0.5) is 0 Å². The topological polar surface area (TPSA) is 20.3 Å². The maximum atomic E-state index is 12.3. The van der Waals surface area contributed by atoms with E-state index in [-0.39, 0.29) is 5.91 Å². The summed E-state index contributed by atoms with van der Waals surface area (Å²) in [5.74, 6) is 1.86. The van der Waals surface area contributed by atoms with E-state index in [0.29, 0.717) is 0 Å². The summed E-state index contributed by atoms with van der Waals surface area (Å²) in [5, 5.41) is 0. The molecule has 1 aliphatic carbocycles. The lowest BCUT2D eigenvalue weighted by molar-refractivity contribution is 0.0775. The Hall–Kier alpha value is -1.31. The predicted molar refractivity (Wildman–Crippen MR) is 63.4 cm³/mol. The zero-order valence-electron chi connectivity index (χ0n) is 9.86. The second-order valence-corrected chi connectivity index (χ2v) is 5.28. The molecule has 2 fully saturated rings. The van der Waals surface area contributed by atoms with Crippen LogP contribution >= 0.6 is 0 Å². The Kier molecular flexibility index (Phi) is 2.06. The van der Waals surface area contributed by atoms with E-state index in [1.54, 1.807) is 0 Å². The van der Waals surface area contributed by atoms with Crippen molar-refractivity contribution in [3.8, 4) is 0 Å². The van der Waals surface area contributed by atoms with Crippen molar-refractivity contribution in [2.75, 3.05) is 13.1 Å². The Bertz CT molecular complexity index is 442. The molecular weight excluding hydrogens is 198 g/mol. The fourth-order valence-corrected chi connectivity index (χ4v) is 2.79. The van der Waals surface area contributed by atoms with Gasteiger partial charge in [-0.05, 0) is 43.7 Å². The number of carbonyl (C=O) groups excluding carboxylic acids is 1. The zero-order chi connectivity index (χ0) is 11.3. The Balaban J connectivity index is 1.83. The summed E-state index contributed by atoms with van der Waals surface area (Å²) >= 11 is 0. The molecule has 2 nitrogen and oxygen atoms in total. The molecule has 2 unspecified atom stereocenters. The number of hydrogen-bond acceptors (Lipinski definition) is 1. The molecule has 2 heteroatoms. The first-order chi connectivity index (χ1) is 7.65. The number of benzene rings is 1. The Morgan fingerprint density at radius 2 is 1.94 bits per heavy atom. The van der Waals surface area contributed by atoms with Crippen molar-refractivity contribution >= 4 is 5.91 Å². The number of likely N-dealkylation sites (tertiary alicyclic amines) is 1. The third kappa shape index (κ3) is 1.53. The SMILES string of the molecule is Cc1ccc(C(=O)N2CC3CC3C2)c(C)c1. The molecule has 2 aliphatic rings. The highest BCUT2D eigenvalue weighted by Crippen LogP contribution is 2.45. The highest BCUT2D eigenvalue weighted by Gasteiger charge is 2.46. The third-order valence-electron chi connectivity index (χ3n) is 3.88. The second kappa shape index (κ2) is 3.34. The molecule has 1 amide bonds. The smallest absolute Gasteiger partial charge is 0.254 e. The van der Waals surface area contributed by atoms with Gasteiger partial charge in [0, 0.05) is 18.7 Å². The van der Waals surface area contributed by atoms with Crippen LogP contribution in [0.5, 0.6) is 0 Å². The molecule has 0 spiro atoms. The number of aryl methyl sites for hydroxylation is 2. The minimum absolute atomic E-state index is 0.227. The van der Waals surface area contributed by atoms with E-state index < -0.39 is 0 Å². The molecule has 1 saturated heterocycles. The molecule has 0 bridgehead atoms. The van der Waals surface area contributed by atoms with E-state index in [0.717, 1.165) is 36.1 Å². The van der Waals surface area contributed by atoms with Crippen LogP contribution < -0.4 is 0 Å². The minimum atomic E-state index is 0.227. The summed E-state index contributed by atoms with van der Waals surface area (Å²) in [7, 11) is 0. The molecule has 0 N–H and O–H groups in total. The standard InChI is InChI=1S/C14H17NO/c1-9-3-4-13(10(2)5-9)14(16)15-7-11-6-12(11)8-15/h3-5,11-12H,6-8H2,1-2H3. The van der Waals surface area contributed by atoms with Crippen molar-refractivity contribution in [2.45, 2.75) is 20.3 Å². The van der Waals surface area contributed by atoms with Gasteiger partial charge in [-0.15, -0.1) is 0 Å². The molecule has 1 aromatic carbocycles. The highest BCUT2D eigenvalue weighted by atomic mass is 16.2. The van der Waals surface area contributed by atoms with Gasteiger partial charge in [-0.3, -0.25) is 4.79 Å². The number of amides is 1. The van der Waals surface area contributed by atoms with Crippen LogP contribution in [0.3, 0.4) is 0 Å². The number of nitrogens with zero attached hydrogens (tertiary/aromatic N) is 1. The van der Waals surface area contributed by atoms with Crippen molar-refractivity contribution in [3.63, 3.8) is 0 Å². The first kappa shape index (κ1) is 9.88. The average molecular weight is 215 g/mol. The zero-order valence-corrected chi connectivity index (χ0v) is 9.86. The van der Waals surface area contributed by atoms with Crippen molar-refractivity contribution in [1.82, 2.24) is 4.90 Å². The van der Waals surface area contributed by atoms with Crippen molar-refractivity contribution < 1.29 is 4.79 Å². The lowest BCUT2D eigenvalue weighted by Gasteiger charge is -2.19. The van der Waals surface area contributed by atoms with Gasteiger partial charge in [-0.1, -0.05) is 17.7 Å². The molecule has 16 heavy (non-hydrogen) atoms. The van der Waals surface area contributed by atoms with Crippen molar-refractivity contribution in [2.24, 2.45) is 11.8 Å². The number of hydrogen-bond donors (Lipinski definition) is 0. The van der Waals surface area contributed by atoms with Gasteiger partial charge in [0.2, 0.25) is 0 Å². The molecule has 3 rings (SSSR count). The molecule has 0 radical (unpaired) electrons. The first-order valence-corrected chi connectivity index (χ1v) is 6.01. The van der Waals surface area contributed by atoms with Gasteiger partial charge in [0.15, 0.2) is 0 Å². The van der Waals surface area contributed by atoms with E-state index in [1.165, 1.54) is 12.0 Å². The van der Waals surface area contributed by atoms with Crippen LogP contribution in [0.25, 0.3) is 0 Å². The molecule has 0 aromatic heterocycles. The van der Waals surface area contributed by atoms with Crippen molar-refractivity contribution in [1.29, 1.82) is 0 Å². The minimum Gasteiger partial charge on any atom is -0.338 e. The summed E-state index contributed by atoms with van der Waals surface area (Å²) in [6.45, 7) is 6.05. The number of piperidine rings is 1. The van der Waals surface area contributed by atoms with Gasteiger partial charge in [0.25, 0.3) is 5.91 Å². The predicted octanol–water partition coefficient (Wildman–Crippen LogP) is 2.40. The Morgan fingerprint density at radius 1 is 1.25 bits per heavy atom.